The van der Waals surface area contributed by atoms with Crippen molar-refractivity contribution >= 4 is 5.91 Å². The lowest BCUT2D eigenvalue weighted by Crippen LogP contribution is -2.57. The number of ether oxygens (including phenoxy) is 3. The van der Waals surface area contributed by atoms with Crippen molar-refractivity contribution in [2.45, 2.75) is 50.5 Å². The maximum Gasteiger partial charge on any atom is 0.254 e. The first kappa shape index (κ1) is 15.7. The number of fused-ring (bicyclic) bond motifs is 1. The number of carbonyl (C=O) groups is 1. The summed E-state index contributed by atoms with van der Waals surface area (Å²) < 4.78 is 17.2. The highest BCUT2D eigenvalue weighted by molar-refractivity contribution is 5.94. The molecular formula is C13H20N2O7. The molecule has 0 spiro atoms. The van der Waals surface area contributed by atoms with Crippen LogP contribution in [0.25, 0.3) is 0 Å². The monoisotopic (exact) mass is 316 g/mol. The van der Waals surface area contributed by atoms with Crippen molar-refractivity contribution in [3.63, 3.8) is 0 Å². The van der Waals surface area contributed by atoms with Crippen LogP contribution in [0, 0.1) is 0 Å². The topological polar surface area (TPSA) is 121 Å². The summed E-state index contributed by atoms with van der Waals surface area (Å²) >= 11 is 0. The molecule has 0 aromatic heterocycles. The zero-order valence-corrected chi connectivity index (χ0v) is 12.3. The largest absolute Gasteiger partial charge is 0.394 e. The second kappa shape index (κ2) is 5.44. The first-order valence-electron chi connectivity index (χ1n) is 7.06. The summed E-state index contributed by atoms with van der Waals surface area (Å²) in [6.45, 7) is 2.77. The molecule has 3 aliphatic heterocycles. The van der Waals surface area contributed by atoms with Crippen molar-refractivity contribution in [1.29, 1.82) is 0 Å². The number of amides is 1. The Morgan fingerprint density at radius 3 is 2.64 bits per heavy atom. The van der Waals surface area contributed by atoms with Gasteiger partial charge in [-0.25, -0.2) is 0 Å². The van der Waals surface area contributed by atoms with Crippen molar-refractivity contribution in [3.05, 3.63) is 11.8 Å². The lowest BCUT2D eigenvalue weighted by molar-refractivity contribution is -0.219. The average molecular weight is 316 g/mol. The van der Waals surface area contributed by atoms with E-state index in [1.165, 1.54) is 11.1 Å². The zero-order chi connectivity index (χ0) is 16.1. The number of hydrogen-bond acceptors (Lipinski definition) is 8. The van der Waals surface area contributed by atoms with Gasteiger partial charge in [-0.3, -0.25) is 4.79 Å². The molecule has 2 fully saturated rings. The Balaban J connectivity index is 1.87. The molecule has 9 heteroatoms. The van der Waals surface area contributed by atoms with Crippen LogP contribution < -0.4 is 5.32 Å². The van der Waals surface area contributed by atoms with Crippen LogP contribution in [0.3, 0.4) is 0 Å². The molecule has 3 rings (SSSR count). The molecule has 0 aromatic carbocycles. The van der Waals surface area contributed by atoms with E-state index in [-0.39, 0.29) is 12.2 Å². The van der Waals surface area contributed by atoms with E-state index in [9.17, 15) is 20.1 Å². The fraction of sp³-hybridized carbons (Fsp3) is 0.769. The van der Waals surface area contributed by atoms with E-state index in [4.69, 9.17) is 14.2 Å². The predicted octanol–water partition coefficient (Wildman–Crippen LogP) is -2.19. The van der Waals surface area contributed by atoms with Crippen molar-refractivity contribution in [2.24, 2.45) is 0 Å². The lowest BCUT2D eigenvalue weighted by atomic mass is 10.1. The molecule has 9 nitrogen and oxygen atoms in total. The number of carbonyl (C=O) groups excluding carboxylic acids is 1. The van der Waals surface area contributed by atoms with Gasteiger partial charge in [0.1, 0.15) is 18.3 Å². The number of hydrogen-bond donors (Lipinski definition) is 4. The highest BCUT2D eigenvalue weighted by Crippen LogP contribution is 2.40. The SMILES string of the molecule is CC1(C)OC2C(O1)[C@@H](CO)O[C@H]2N1C=C(CO)C(=O)NC1O. The molecule has 1 amide bonds. The Hall–Kier alpha value is -1.23. The molecule has 0 saturated carbocycles. The van der Waals surface area contributed by atoms with Gasteiger partial charge in [-0.1, -0.05) is 0 Å². The van der Waals surface area contributed by atoms with E-state index in [1.807, 2.05) is 0 Å². The normalized spacial score (nSPS) is 40.4. The fourth-order valence-electron chi connectivity index (χ4n) is 2.96. The van der Waals surface area contributed by atoms with Crippen LogP contribution in [0.15, 0.2) is 11.8 Å². The van der Waals surface area contributed by atoms with E-state index in [0.717, 1.165) is 0 Å². The molecule has 5 atom stereocenters. The Bertz CT molecular complexity index is 495. The zero-order valence-electron chi connectivity index (χ0n) is 12.3. The standard InChI is InChI=1S/C13H20N2O7/c1-13(2)21-8-7(5-17)20-11(9(8)22-13)15-3-6(4-16)10(18)14-12(15)19/h3,7-9,11-12,16-17,19H,4-5H2,1-2H3,(H,14,18)/t7-,8?,9?,11-,12?/m1/s1. The Morgan fingerprint density at radius 1 is 1.32 bits per heavy atom. The molecule has 0 aliphatic carbocycles. The van der Waals surface area contributed by atoms with Gasteiger partial charge in [-0.2, -0.15) is 0 Å². The summed E-state index contributed by atoms with van der Waals surface area (Å²) in [5.41, 5.74) is 0.0936. The first-order chi connectivity index (χ1) is 10.4. The van der Waals surface area contributed by atoms with Crippen molar-refractivity contribution in [3.8, 4) is 0 Å². The van der Waals surface area contributed by atoms with Gasteiger partial charge < -0.3 is 39.7 Å². The number of rotatable bonds is 3. The summed E-state index contributed by atoms with van der Waals surface area (Å²) in [4.78, 5) is 12.9. The molecule has 3 aliphatic rings. The van der Waals surface area contributed by atoms with Crippen molar-refractivity contribution < 1.29 is 34.3 Å². The first-order valence-corrected chi connectivity index (χ1v) is 7.06. The third-order valence-electron chi connectivity index (χ3n) is 3.91. The van der Waals surface area contributed by atoms with E-state index in [1.54, 1.807) is 13.8 Å². The fourth-order valence-corrected chi connectivity index (χ4v) is 2.96. The van der Waals surface area contributed by atoms with Crippen LogP contribution in [0.4, 0.5) is 0 Å². The summed E-state index contributed by atoms with van der Waals surface area (Å²) in [5, 5.41) is 31.0. The van der Waals surface area contributed by atoms with Crippen LogP contribution >= 0.6 is 0 Å². The van der Waals surface area contributed by atoms with E-state index in [0.29, 0.717) is 0 Å². The Labute approximate surface area is 127 Å². The molecule has 2 saturated heterocycles. The van der Waals surface area contributed by atoms with Crippen LogP contribution in [0.5, 0.6) is 0 Å². The molecule has 124 valence electrons. The van der Waals surface area contributed by atoms with Gasteiger partial charge in [0.2, 0.25) is 6.35 Å². The van der Waals surface area contributed by atoms with E-state index >= 15 is 0 Å². The van der Waals surface area contributed by atoms with Crippen LogP contribution in [0.1, 0.15) is 13.8 Å². The van der Waals surface area contributed by atoms with Crippen LogP contribution in [0.2, 0.25) is 0 Å². The molecule has 22 heavy (non-hydrogen) atoms. The van der Waals surface area contributed by atoms with Gasteiger partial charge in [-0.15, -0.1) is 0 Å². The second-order valence-corrected chi connectivity index (χ2v) is 5.92. The average Bonchev–Trinajstić information content (AvgIpc) is 2.92. The van der Waals surface area contributed by atoms with Crippen LogP contribution in [-0.2, 0) is 19.0 Å². The highest BCUT2D eigenvalue weighted by atomic mass is 16.8. The van der Waals surface area contributed by atoms with Crippen molar-refractivity contribution in [2.75, 3.05) is 13.2 Å². The van der Waals surface area contributed by atoms with Crippen molar-refractivity contribution in [1.82, 2.24) is 10.2 Å². The summed E-state index contributed by atoms with van der Waals surface area (Å²) in [6.07, 6.45) is -2.39. The third-order valence-corrected chi connectivity index (χ3v) is 3.91. The van der Waals surface area contributed by atoms with Gasteiger partial charge in [-0.05, 0) is 13.8 Å². The highest BCUT2D eigenvalue weighted by Gasteiger charge is 2.57. The molecule has 3 unspecified atom stereocenters. The van der Waals surface area contributed by atoms with Crippen LogP contribution in [-0.4, -0.2) is 76.0 Å². The minimum Gasteiger partial charge on any atom is -0.394 e. The smallest absolute Gasteiger partial charge is 0.254 e. The second-order valence-electron chi connectivity index (χ2n) is 5.92. The Morgan fingerprint density at radius 2 is 2.00 bits per heavy atom. The molecule has 0 aromatic rings. The number of aliphatic hydroxyl groups is 3. The predicted molar refractivity (Wildman–Crippen MR) is 70.7 cm³/mol. The van der Waals surface area contributed by atoms with Gasteiger partial charge in [0, 0.05) is 6.20 Å². The molecule has 4 N–H and O–H groups in total. The Kier molecular flexibility index (Phi) is 3.87. The van der Waals surface area contributed by atoms with Gasteiger partial charge in [0.05, 0.1) is 18.8 Å². The number of nitrogens with zero attached hydrogens (tertiary/aromatic N) is 1. The quantitative estimate of drug-likeness (QED) is 0.463. The minimum absolute atomic E-state index is 0.0936. The lowest BCUT2D eigenvalue weighted by Gasteiger charge is -2.37. The minimum atomic E-state index is -1.32. The summed E-state index contributed by atoms with van der Waals surface area (Å²) in [7, 11) is 0. The summed E-state index contributed by atoms with van der Waals surface area (Å²) in [6, 6.07) is 0. The maximum atomic E-state index is 11.6. The molecular weight excluding hydrogens is 296 g/mol. The molecule has 0 radical (unpaired) electrons. The van der Waals surface area contributed by atoms with Gasteiger partial charge >= 0.3 is 0 Å². The maximum absolute atomic E-state index is 11.6. The third kappa shape index (κ3) is 2.49. The summed E-state index contributed by atoms with van der Waals surface area (Å²) in [5.74, 6) is -1.39. The molecule has 0 bridgehead atoms. The number of aliphatic hydroxyl groups excluding tert-OH is 3. The van der Waals surface area contributed by atoms with E-state index < -0.39 is 49.2 Å². The number of nitrogens with one attached hydrogen (secondary N) is 1. The van der Waals surface area contributed by atoms with Gasteiger partial charge in [0.25, 0.3) is 5.91 Å². The van der Waals surface area contributed by atoms with E-state index in [2.05, 4.69) is 5.32 Å². The molecule has 3 heterocycles. The van der Waals surface area contributed by atoms with Gasteiger partial charge in [0.15, 0.2) is 12.0 Å².